The van der Waals surface area contributed by atoms with E-state index in [1.807, 2.05) is 0 Å². The fourth-order valence-corrected chi connectivity index (χ4v) is 4.68. The number of hydrogen-bond donors (Lipinski definition) is 2. The topological polar surface area (TPSA) is 98.4 Å². The largest absolute Gasteiger partial charge is 0.492 e. The number of hydrogen-bond acceptors (Lipinski definition) is 7. The Hall–Kier alpha value is -3.94. The van der Waals surface area contributed by atoms with Gasteiger partial charge in [0.15, 0.2) is 5.13 Å². The number of rotatable bonds is 6. The van der Waals surface area contributed by atoms with Crippen LogP contribution in [0.25, 0.3) is 5.57 Å². The highest BCUT2D eigenvalue weighted by molar-refractivity contribution is 7.17. The third-order valence-electron chi connectivity index (χ3n) is 5.42. The Balaban J connectivity index is 1.92. The van der Waals surface area contributed by atoms with E-state index in [0.29, 0.717) is 22.2 Å². The van der Waals surface area contributed by atoms with E-state index in [1.54, 1.807) is 12.1 Å². The van der Waals surface area contributed by atoms with Crippen molar-refractivity contribution in [2.45, 2.75) is 18.8 Å². The fourth-order valence-electron chi connectivity index (χ4n) is 3.70. The van der Waals surface area contributed by atoms with Crippen molar-refractivity contribution in [3.05, 3.63) is 74.1 Å². The minimum absolute atomic E-state index is 0.0343. The van der Waals surface area contributed by atoms with Crippen LogP contribution in [-0.2, 0) is 23.6 Å². The van der Waals surface area contributed by atoms with Gasteiger partial charge in [-0.3, -0.25) is 4.79 Å². The Morgan fingerprint density at radius 1 is 1.05 bits per heavy atom. The van der Waals surface area contributed by atoms with Crippen LogP contribution >= 0.6 is 11.3 Å². The highest BCUT2D eigenvalue weighted by atomic mass is 32.1. The lowest BCUT2D eigenvalue weighted by molar-refractivity contribution is -0.143. The lowest BCUT2D eigenvalue weighted by Gasteiger charge is -2.17. The van der Waals surface area contributed by atoms with Gasteiger partial charge in [0, 0.05) is 19.0 Å². The van der Waals surface area contributed by atoms with Crippen LogP contribution in [0.1, 0.15) is 27.1 Å². The first kappa shape index (κ1) is 26.1. The van der Waals surface area contributed by atoms with Gasteiger partial charge < -0.3 is 15.1 Å². The molecular weight excluding hydrogens is 526 g/mol. The summed E-state index contributed by atoms with van der Waals surface area (Å²) in [5, 5.41) is 28.2. The molecule has 0 aliphatic carbocycles. The average molecular weight is 542 g/mol. The van der Waals surface area contributed by atoms with Crippen molar-refractivity contribution in [2.75, 3.05) is 18.5 Å². The number of carbonyl (C=O) groups is 1. The van der Waals surface area contributed by atoms with Gasteiger partial charge in [-0.2, -0.15) is 41.5 Å². The van der Waals surface area contributed by atoms with Gasteiger partial charge in [-0.05, 0) is 40.6 Å². The van der Waals surface area contributed by atoms with Crippen LogP contribution in [0.4, 0.5) is 31.5 Å². The minimum atomic E-state index is -5.09. The monoisotopic (exact) mass is 542 g/mol. The van der Waals surface area contributed by atoms with Crippen molar-refractivity contribution in [3.8, 4) is 5.88 Å². The Bertz CT molecular complexity index is 1530. The van der Waals surface area contributed by atoms with Gasteiger partial charge >= 0.3 is 18.3 Å². The van der Waals surface area contributed by atoms with Crippen molar-refractivity contribution in [1.82, 2.24) is 4.98 Å². The second-order valence-electron chi connectivity index (χ2n) is 8.04. The SMILES string of the molecule is CN(CC(=O)O)c1nc(O)c(C(Cc2ccc(C(F)(F)F)cc2C(F)(F)F)=c2ccc3c(c2)C=NN=3)s1. The molecule has 0 saturated heterocycles. The standard InChI is InChI=1S/C23H16F6N4O3S/c1-33(10-18(34)35)21-31-20(36)19(37-21)15(11-3-5-17-13(6-11)9-30-32-17)7-12-2-4-14(22(24,25)26)8-16(12)23(27,28)29/h2-6,8-9,36H,7,10H2,1H3,(H,34,35). The van der Waals surface area contributed by atoms with E-state index in [9.17, 15) is 36.2 Å². The molecule has 0 spiro atoms. The molecule has 0 saturated carbocycles. The average Bonchev–Trinajstić information content (AvgIpc) is 3.41. The first-order valence-electron chi connectivity index (χ1n) is 10.4. The Morgan fingerprint density at radius 3 is 2.43 bits per heavy atom. The smallest absolute Gasteiger partial charge is 0.416 e. The predicted octanol–water partition coefficient (Wildman–Crippen LogP) is 3.82. The number of aromatic hydroxyl groups is 1. The van der Waals surface area contributed by atoms with Crippen molar-refractivity contribution >= 4 is 34.2 Å². The van der Waals surface area contributed by atoms with Crippen LogP contribution < -0.4 is 15.5 Å². The number of aromatic nitrogens is 1. The van der Waals surface area contributed by atoms with Crippen molar-refractivity contribution in [1.29, 1.82) is 0 Å². The van der Waals surface area contributed by atoms with Gasteiger partial charge in [-0.1, -0.05) is 23.5 Å². The number of carboxylic acids is 1. The molecule has 7 nitrogen and oxygen atoms in total. The summed E-state index contributed by atoms with van der Waals surface area (Å²) in [6, 6.07) is 6.04. The van der Waals surface area contributed by atoms with E-state index in [1.165, 1.54) is 24.2 Å². The minimum Gasteiger partial charge on any atom is -0.492 e. The molecule has 14 heteroatoms. The molecule has 0 fully saturated rings. The Labute approximate surface area is 208 Å². The summed E-state index contributed by atoms with van der Waals surface area (Å²) in [5.74, 6) is -1.74. The zero-order valence-corrected chi connectivity index (χ0v) is 19.5. The number of anilines is 1. The summed E-state index contributed by atoms with van der Waals surface area (Å²) in [7, 11) is 1.40. The summed E-state index contributed by atoms with van der Waals surface area (Å²) < 4.78 is 81.0. The van der Waals surface area contributed by atoms with Gasteiger partial charge in [-0.25, -0.2) is 0 Å². The number of likely N-dealkylation sites (N-methyl/N-ethyl adjacent to an activating group) is 1. The van der Waals surface area contributed by atoms with Crippen molar-refractivity contribution in [3.63, 3.8) is 0 Å². The summed E-state index contributed by atoms with van der Waals surface area (Å²) >= 11 is 0.832. The van der Waals surface area contributed by atoms with Gasteiger partial charge in [0.1, 0.15) is 6.54 Å². The molecule has 1 aliphatic heterocycles. The normalized spacial score (nSPS) is 13.8. The molecular formula is C23H16F6N4O3S. The third kappa shape index (κ3) is 5.58. The van der Waals surface area contributed by atoms with E-state index in [0.717, 1.165) is 17.4 Å². The van der Waals surface area contributed by atoms with Gasteiger partial charge in [0.25, 0.3) is 0 Å². The molecule has 2 aromatic carbocycles. The first-order chi connectivity index (χ1) is 17.2. The van der Waals surface area contributed by atoms with Crippen LogP contribution in [0.5, 0.6) is 5.88 Å². The number of nitrogens with zero attached hydrogens (tertiary/aromatic N) is 4. The second-order valence-corrected chi connectivity index (χ2v) is 9.02. The second kappa shape index (κ2) is 9.50. The first-order valence-corrected chi connectivity index (χ1v) is 11.2. The van der Waals surface area contributed by atoms with Crippen molar-refractivity contribution in [2.24, 2.45) is 10.2 Å². The maximum Gasteiger partial charge on any atom is 0.416 e. The predicted molar refractivity (Wildman–Crippen MR) is 122 cm³/mol. The highest BCUT2D eigenvalue weighted by Crippen LogP contribution is 2.40. The number of thiazole rings is 1. The lowest BCUT2D eigenvalue weighted by Crippen LogP contribution is -2.24. The summed E-state index contributed by atoms with van der Waals surface area (Å²) in [6.45, 7) is -0.463. The summed E-state index contributed by atoms with van der Waals surface area (Å²) in [4.78, 5) is 16.3. The molecule has 37 heavy (non-hydrogen) atoms. The zero-order valence-electron chi connectivity index (χ0n) is 18.7. The highest BCUT2D eigenvalue weighted by Gasteiger charge is 2.38. The zero-order chi connectivity index (χ0) is 27.1. The van der Waals surface area contributed by atoms with E-state index in [-0.39, 0.29) is 21.6 Å². The van der Waals surface area contributed by atoms with Crippen LogP contribution in [-0.4, -0.2) is 41.0 Å². The van der Waals surface area contributed by atoms with E-state index < -0.39 is 53.9 Å². The molecule has 1 aromatic heterocycles. The van der Waals surface area contributed by atoms with Crippen LogP contribution in [0, 0.1) is 0 Å². The molecule has 0 radical (unpaired) electrons. The van der Waals surface area contributed by atoms with Gasteiger partial charge in [-0.15, -0.1) is 0 Å². The molecule has 2 N–H and O–H groups in total. The molecule has 0 atom stereocenters. The molecule has 4 rings (SSSR count). The summed E-state index contributed by atoms with van der Waals surface area (Å²) in [6.07, 6.45) is -9.16. The quantitative estimate of drug-likeness (QED) is 0.462. The lowest BCUT2D eigenvalue weighted by atomic mass is 9.94. The van der Waals surface area contributed by atoms with Crippen LogP contribution in [0.2, 0.25) is 0 Å². The fraction of sp³-hybridized carbons (Fsp3) is 0.217. The third-order valence-corrected chi connectivity index (χ3v) is 6.64. The molecule has 1 aliphatic rings. The molecule has 3 aromatic rings. The van der Waals surface area contributed by atoms with Gasteiger partial charge in [0.2, 0.25) is 5.88 Å². The number of halogens is 6. The van der Waals surface area contributed by atoms with E-state index in [4.69, 9.17) is 5.11 Å². The Morgan fingerprint density at radius 2 is 1.78 bits per heavy atom. The Kier molecular flexibility index (Phi) is 6.71. The number of fused-ring (bicyclic) bond motifs is 1. The molecule has 0 unspecified atom stereocenters. The van der Waals surface area contributed by atoms with Crippen LogP contribution in [0.3, 0.4) is 0 Å². The van der Waals surface area contributed by atoms with E-state index in [2.05, 4.69) is 15.2 Å². The number of alkyl halides is 6. The number of benzene rings is 2. The van der Waals surface area contributed by atoms with E-state index >= 15 is 0 Å². The maximum absolute atomic E-state index is 13.8. The molecule has 0 bridgehead atoms. The molecule has 2 heterocycles. The molecule has 194 valence electrons. The number of carboxylic acid groups (broad SMARTS) is 1. The van der Waals surface area contributed by atoms with Crippen molar-refractivity contribution < 1.29 is 41.4 Å². The summed E-state index contributed by atoms with van der Waals surface area (Å²) in [5.41, 5.74) is -2.69. The number of aliphatic carboxylic acids is 1. The molecule has 0 amide bonds. The van der Waals surface area contributed by atoms with Crippen LogP contribution in [0.15, 0.2) is 46.6 Å². The maximum atomic E-state index is 13.8. The van der Waals surface area contributed by atoms with Gasteiger partial charge in [0.05, 0.1) is 27.6 Å².